The zero-order valence-corrected chi connectivity index (χ0v) is 14.8. The minimum Gasteiger partial charge on any atom is -0.384 e. The van der Waals surface area contributed by atoms with E-state index in [-0.39, 0.29) is 5.82 Å². The first-order chi connectivity index (χ1) is 12.4. The van der Waals surface area contributed by atoms with Crippen LogP contribution in [0.25, 0.3) is 32.9 Å². The molecule has 4 rings (SSSR count). The predicted molar refractivity (Wildman–Crippen MR) is 104 cm³/mol. The summed E-state index contributed by atoms with van der Waals surface area (Å²) in [5, 5.41) is 1.67. The summed E-state index contributed by atoms with van der Waals surface area (Å²) in [5.74, 6) is 0.150. The van der Waals surface area contributed by atoms with Gasteiger partial charge in [-0.2, -0.15) is 0 Å². The monoisotopic (exact) mass is 346 g/mol. The zero-order valence-electron chi connectivity index (χ0n) is 14.8. The first kappa shape index (κ1) is 16.1. The molecule has 6 nitrogen and oxygen atoms in total. The molecular formula is C20H18N4O2. The van der Waals surface area contributed by atoms with Crippen LogP contribution in [0.5, 0.6) is 0 Å². The van der Waals surface area contributed by atoms with Crippen LogP contribution in [0.2, 0.25) is 0 Å². The van der Waals surface area contributed by atoms with Crippen molar-refractivity contribution >= 4 is 27.6 Å². The Morgan fingerprint density at radius 2 is 1.58 bits per heavy atom. The van der Waals surface area contributed by atoms with Crippen LogP contribution in [0.3, 0.4) is 0 Å². The number of pyridine rings is 1. The molecule has 2 heterocycles. The van der Waals surface area contributed by atoms with E-state index in [0.29, 0.717) is 11.1 Å². The fraction of sp³-hybridized carbons (Fsp3) is 0.150. The standard InChI is InChI=1S/C20H18N4O2/c1-11-8-9-15-13(10-11)16(12-6-4-5-7-14(12)22-15)17-18(21)23(2)20(26)24(3)19(17)25/h4-10H,21H2,1-3H3. The summed E-state index contributed by atoms with van der Waals surface area (Å²) in [7, 11) is 3.03. The highest BCUT2D eigenvalue weighted by Gasteiger charge is 2.20. The van der Waals surface area contributed by atoms with Crippen molar-refractivity contribution in [3.8, 4) is 11.1 Å². The van der Waals surface area contributed by atoms with Gasteiger partial charge in [0.1, 0.15) is 5.82 Å². The van der Waals surface area contributed by atoms with E-state index in [4.69, 9.17) is 10.7 Å². The largest absolute Gasteiger partial charge is 0.384 e. The van der Waals surface area contributed by atoms with Gasteiger partial charge >= 0.3 is 5.69 Å². The third-order valence-electron chi connectivity index (χ3n) is 4.80. The van der Waals surface area contributed by atoms with E-state index >= 15 is 0 Å². The third-order valence-corrected chi connectivity index (χ3v) is 4.80. The van der Waals surface area contributed by atoms with Crippen molar-refractivity contribution in [2.45, 2.75) is 6.92 Å². The third kappa shape index (κ3) is 2.15. The topological polar surface area (TPSA) is 82.9 Å². The number of para-hydroxylation sites is 1. The summed E-state index contributed by atoms with van der Waals surface area (Å²) in [6.45, 7) is 1.99. The summed E-state index contributed by atoms with van der Waals surface area (Å²) in [4.78, 5) is 29.9. The Balaban J connectivity index is 2.34. The summed E-state index contributed by atoms with van der Waals surface area (Å²) < 4.78 is 2.39. The van der Waals surface area contributed by atoms with Crippen molar-refractivity contribution in [1.29, 1.82) is 0 Å². The number of nitrogens with zero attached hydrogens (tertiary/aromatic N) is 3. The van der Waals surface area contributed by atoms with Gasteiger partial charge in [0.2, 0.25) is 0 Å². The van der Waals surface area contributed by atoms with E-state index in [2.05, 4.69) is 0 Å². The highest BCUT2D eigenvalue weighted by molar-refractivity contribution is 6.10. The Bertz CT molecular complexity index is 1320. The van der Waals surface area contributed by atoms with Gasteiger partial charge in [-0.3, -0.25) is 13.9 Å². The van der Waals surface area contributed by atoms with Gasteiger partial charge in [0.15, 0.2) is 0 Å². The molecule has 4 aromatic rings. The predicted octanol–water partition coefficient (Wildman–Crippen LogP) is 2.34. The van der Waals surface area contributed by atoms with Crippen molar-refractivity contribution in [2.24, 2.45) is 14.1 Å². The molecule has 0 amide bonds. The first-order valence-electron chi connectivity index (χ1n) is 8.25. The number of anilines is 1. The Kier molecular flexibility index (Phi) is 3.44. The summed E-state index contributed by atoms with van der Waals surface area (Å²) >= 11 is 0. The first-order valence-corrected chi connectivity index (χ1v) is 8.25. The molecule has 0 aliphatic heterocycles. The average molecular weight is 346 g/mol. The highest BCUT2D eigenvalue weighted by Crippen LogP contribution is 2.35. The summed E-state index contributed by atoms with van der Waals surface area (Å²) in [5.41, 5.74) is 9.01. The molecule has 130 valence electrons. The Hall–Kier alpha value is -3.41. The van der Waals surface area contributed by atoms with Gasteiger partial charge in [-0.05, 0) is 25.1 Å². The Morgan fingerprint density at radius 1 is 0.885 bits per heavy atom. The second kappa shape index (κ2) is 5.56. The van der Waals surface area contributed by atoms with Gasteiger partial charge < -0.3 is 5.73 Å². The lowest BCUT2D eigenvalue weighted by Gasteiger charge is -2.16. The van der Waals surface area contributed by atoms with Crippen LogP contribution < -0.4 is 17.0 Å². The Morgan fingerprint density at radius 3 is 2.35 bits per heavy atom. The number of rotatable bonds is 1. The number of nitrogens with two attached hydrogens (primary N) is 1. The van der Waals surface area contributed by atoms with Gasteiger partial charge in [-0.25, -0.2) is 9.78 Å². The van der Waals surface area contributed by atoms with E-state index in [9.17, 15) is 9.59 Å². The summed E-state index contributed by atoms with van der Waals surface area (Å²) in [6, 6.07) is 13.5. The molecule has 0 saturated carbocycles. The number of benzene rings is 2. The zero-order chi connectivity index (χ0) is 18.6. The lowest BCUT2D eigenvalue weighted by molar-refractivity contribution is 0.697. The van der Waals surface area contributed by atoms with Crippen LogP contribution >= 0.6 is 0 Å². The van der Waals surface area contributed by atoms with Gasteiger partial charge in [0.05, 0.1) is 16.6 Å². The van der Waals surface area contributed by atoms with Gasteiger partial charge in [0.25, 0.3) is 5.56 Å². The lowest BCUT2D eigenvalue weighted by Crippen LogP contribution is -2.39. The molecule has 0 atom stereocenters. The van der Waals surface area contributed by atoms with Crippen molar-refractivity contribution in [3.63, 3.8) is 0 Å². The SMILES string of the molecule is Cc1ccc2nc3ccccc3c(-c3c(N)n(C)c(=O)n(C)c3=O)c2c1. The molecule has 0 fully saturated rings. The molecule has 0 unspecified atom stereocenters. The second-order valence-corrected chi connectivity index (χ2v) is 6.49. The van der Waals surface area contributed by atoms with Crippen LogP contribution in [-0.2, 0) is 14.1 Å². The normalized spacial score (nSPS) is 11.3. The quantitative estimate of drug-likeness (QED) is 0.536. The van der Waals surface area contributed by atoms with E-state index < -0.39 is 11.2 Å². The number of hydrogen-bond acceptors (Lipinski definition) is 4. The van der Waals surface area contributed by atoms with Crippen molar-refractivity contribution in [2.75, 3.05) is 5.73 Å². The van der Waals surface area contributed by atoms with Crippen molar-refractivity contribution in [1.82, 2.24) is 14.1 Å². The number of aryl methyl sites for hydroxylation is 1. The van der Waals surface area contributed by atoms with Gasteiger partial charge in [-0.1, -0.05) is 29.8 Å². The van der Waals surface area contributed by atoms with Crippen molar-refractivity contribution < 1.29 is 0 Å². The molecule has 0 aliphatic rings. The second-order valence-electron chi connectivity index (χ2n) is 6.49. The smallest absolute Gasteiger partial charge is 0.332 e. The maximum atomic E-state index is 13.0. The molecule has 0 saturated heterocycles. The maximum absolute atomic E-state index is 13.0. The van der Waals surface area contributed by atoms with Gasteiger partial charge in [-0.15, -0.1) is 0 Å². The number of fused-ring (bicyclic) bond motifs is 2. The molecule has 6 heteroatoms. The van der Waals surface area contributed by atoms with Crippen molar-refractivity contribution in [3.05, 3.63) is 68.9 Å². The summed E-state index contributed by atoms with van der Waals surface area (Å²) in [6.07, 6.45) is 0. The molecular weight excluding hydrogens is 328 g/mol. The fourth-order valence-corrected chi connectivity index (χ4v) is 3.37. The number of aromatic nitrogens is 3. The molecule has 26 heavy (non-hydrogen) atoms. The Labute approximate surface area is 149 Å². The molecule has 0 radical (unpaired) electrons. The molecule has 0 bridgehead atoms. The fourth-order valence-electron chi connectivity index (χ4n) is 3.37. The van der Waals surface area contributed by atoms with Crippen LogP contribution in [-0.4, -0.2) is 14.1 Å². The van der Waals surface area contributed by atoms with E-state index in [0.717, 1.165) is 31.9 Å². The van der Waals surface area contributed by atoms with E-state index in [1.54, 1.807) is 7.05 Å². The van der Waals surface area contributed by atoms with Crippen LogP contribution in [0, 0.1) is 6.92 Å². The molecule has 2 aromatic carbocycles. The maximum Gasteiger partial charge on any atom is 0.332 e. The van der Waals surface area contributed by atoms with Gasteiger partial charge in [0, 0.05) is 30.4 Å². The highest BCUT2D eigenvalue weighted by atomic mass is 16.2. The molecule has 0 aliphatic carbocycles. The number of nitrogen functional groups attached to an aromatic ring is 1. The minimum absolute atomic E-state index is 0.150. The molecule has 0 spiro atoms. The van der Waals surface area contributed by atoms with E-state index in [1.807, 2.05) is 49.4 Å². The molecule has 2 N–H and O–H groups in total. The average Bonchev–Trinajstić information content (AvgIpc) is 2.64. The minimum atomic E-state index is -0.449. The van der Waals surface area contributed by atoms with Crippen LogP contribution in [0.4, 0.5) is 5.82 Å². The van der Waals surface area contributed by atoms with Crippen LogP contribution in [0.1, 0.15) is 5.56 Å². The molecule has 2 aromatic heterocycles. The lowest BCUT2D eigenvalue weighted by atomic mass is 9.96. The van der Waals surface area contributed by atoms with E-state index in [1.165, 1.54) is 11.6 Å². The van der Waals surface area contributed by atoms with Crippen LogP contribution in [0.15, 0.2) is 52.1 Å². The number of hydrogen-bond donors (Lipinski definition) is 1.